The Morgan fingerprint density at radius 1 is 1.61 bits per heavy atom. The Kier molecular flexibility index (Phi) is 3.43. The Morgan fingerprint density at radius 3 is 2.83 bits per heavy atom. The number of nitrogens with zero attached hydrogens (tertiary/aromatic N) is 2. The van der Waals surface area contributed by atoms with Gasteiger partial charge in [-0.25, -0.2) is 0 Å². The molecule has 1 aliphatic rings. The van der Waals surface area contributed by atoms with Gasteiger partial charge < -0.3 is 10.5 Å². The van der Waals surface area contributed by atoms with Gasteiger partial charge in [-0.1, -0.05) is 0 Å². The fourth-order valence-electron chi connectivity index (χ4n) is 1.71. The number of esters is 1. The zero-order valence-electron chi connectivity index (χ0n) is 11.2. The highest BCUT2D eigenvalue weighted by molar-refractivity contribution is 5.76. The average Bonchev–Trinajstić information content (AvgIpc) is 2.98. The summed E-state index contributed by atoms with van der Waals surface area (Å²) in [5, 5.41) is 4.42. The fourth-order valence-corrected chi connectivity index (χ4v) is 1.71. The molecule has 1 aliphatic carbocycles. The van der Waals surface area contributed by atoms with E-state index in [1.54, 1.807) is 0 Å². The molecule has 1 saturated carbocycles. The maximum absolute atomic E-state index is 11.7. The molecular formula is C13H21N3O2. The first-order valence-electron chi connectivity index (χ1n) is 6.37. The molecule has 0 amide bonds. The number of hydrogen-bond donors (Lipinski definition) is 1. The standard InChI is InChI=1S/C13H21N3O2/c1-13(2,3)18-12(17)11(14)8-9-6-7-16(15-9)10-4-5-10/h6-7,10-11H,4-5,8,14H2,1-3H3. The summed E-state index contributed by atoms with van der Waals surface area (Å²) in [6.45, 7) is 5.50. The second kappa shape index (κ2) is 4.72. The third-order valence-electron chi connectivity index (χ3n) is 2.72. The molecule has 0 bridgehead atoms. The summed E-state index contributed by atoms with van der Waals surface area (Å²) in [6.07, 6.45) is 4.77. The van der Waals surface area contributed by atoms with Crippen LogP contribution in [0.5, 0.6) is 0 Å². The molecule has 5 nitrogen and oxygen atoms in total. The molecule has 1 atom stereocenters. The van der Waals surface area contributed by atoms with Crippen LogP contribution in [0.25, 0.3) is 0 Å². The van der Waals surface area contributed by atoms with Gasteiger partial charge in [0.25, 0.3) is 0 Å². The molecule has 100 valence electrons. The van der Waals surface area contributed by atoms with Crippen LogP contribution in [0.1, 0.15) is 45.3 Å². The van der Waals surface area contributed by atoms with Gasteiger partial charge >= 0.3 is 5.97 Å². The molecule has 0 aromatic carbocycles. The van der Waals surface area contributed by atoms with Crippen LogP contribution >= 0.6 is 0 Å². The van der Waals surface area contributed by atoms with Crippen LogP contribution in [0.2, 0.25) is 0 Å². The molecule has 1 unspecified atom stereocenters. The summed E-state index contributed by atoms with van der Waals surface area (Å²) in [5.41, 5.74) is 6.18. The van der Waals surface area contributed by atoms with Gasteiger partial charge in [-0.05, 0) is 39.7 Å². The zero-order chi connectivity index (χ0) is 13.3. The van der Waals surface area contributed by atoms with Crippen molar-refractivity contribution in [3.63, 3.8) is 0 Å². The lowest BCUT2D eigenvalue weighted by Gasteiger charge is -2.21. The van der Waals surface area contributed by atoms with Gasteiger partial charge in [-0.2, -0.15) is 5.10 Å². The molecule has 5 heteroatoms. The molecule has 1 aromatic heterocycles. The zero-order valence-corrected chi connectivity index (χ0v) is 11.2. The largest absolute Gasteiger partial charge is 0.459 e. The topological polar surface area (TPSA) is 70.1 Å². The van der Waals surface area contributed by atoms with E-state index in [-0.39, 0.29) is 5.97 Å². The maximum atomic E-state index is 11.7. The van der Waals surface area contributed by atoms with E-state index < -0.39 is 11.6 Å². The van der Waals surface area contributed by atoms with Gasteiger partial charge in [-0.3, -0.25) is 9.48 Å². The van der Waals surface area contributed by atoms with Crippen molar-refractivity contribution in [3.8, 4) is 0 Å². The van der Waals surface area contributed by atoms with Crippen LogP contribution < -0.4 is 5.73 Å². The van der Waals surface area contributed by atoms with Gasteiger partial charge in [-0.15, -0.1) is 0 Å². The first kappa shape index (κ1) is 13.1. The van der Waals surface area contributed by atoms with Crippen molar-refractivity contribution in [1.29, 1.82) is 0 Å². The normalized spacial score (nSPS) is 17.6. The lowest BCUT2D eigenvalue weighted by atomic mass is 10.1. The van der Waals surface area contributed by atoms with Crippen molar-refractivity contribution in [1.82, 2.24) is 9.78 Å². The van der Waals surface area contributed by atoms with Crippen molar-refractivity contribution in [2.75, 3.05) is 0 Å². The minimum atomic E-state index is -0.647. The van der Waals surface area contributed by atoms with E-state index in [0.717, 1.165) is 5.69 Å². The number of rotatable bonds is 4. The highest BCUT2D eigenvalue weighted by Gasteiger charge is 2.26. The molecule has 0 spiro atoms. The second-order valence-corrected chi connectivity index (χ2v) is 5.86. The summed E-state index contributed by atoms with van der Waals surface area (Å²) in [4.78, 5) is 11.7. The van der Waals surface area contributed by atoms with Crippen molar-refractivity contribution in [2.24, 2.45) is 5.73 Å². The van der Waals surface area contributed by atoms with E-state index in [4.69, 9.17) is 10.5 Å². The molecule has 1 aromatic rings. The van der Waals surface area contributed by atoms with Gasteiger partial charge in [0.15, 0.2) is 0 Å². The van der Waals surface area contributed by atoms with E-state index in [9.17, 15) is 4.79 Å². The third-order valence-corrected chi connectivity index (χ3v) is 2.72. The molecule has 0 radical (unpaired) electrons. The quantitative estimate of drug-likeness (QED) is 0.822. The first-order chi connectivity index (χ1) is 8.35. The SMILES string of the molecule is CC(C)(C)OC(=O)C(N)Cc1ccn(C2CC2)n1. The van der Waals surface area contributed by atoms with Gasteiger partial charge in [0.05, 0.1) is 11.7 Å². The van der Waals surface area contributed by atoms with Gasteiger partial charge in [0.2, 0.25) is 0 Å². The Hall–Kier alpha value is -1.36. The number of hydrogen-bond acceptors (Lipinski definition) is 4. The number of ether oxygens (including phenoxy) is 1. The van der Waals surface area contributed by atoms with Crippen LogP contribution in [-0.2, 0) is 16.0 Å². The first-order valence-corrected chi connectivity index (χ1v) is 6.37. The van der Waals surface area contributed by atoms with Crippen molar-refractivity contribution >= 4 is 5.97 Å². The van der Waals surface area contributed by atoms with Crippen molar-refractivity contribution < 1.29 is 9.53 Å². The van der Waals surface area contributed by atoms with Crippen LogP contribution in [0.3, 0.4) is 0 Å². The Morgan fingerprint density at radius 2 is 2.28 bits per heavy atom. The number of carbonyl (C=O) groups excluding carboxylic acids is 1. The highest BCUT2D eigenvalue weighted by Crippen LogP contribution is 2.33. The minimum absolute atomic E-state index is 0.372. The van der Waals surface area contributed by atoms with E-state index in [1.165, 1.54) is 12.8 Å². The average molecular weight is 251 g/mol. The highest BCUT2D eigenvalue weighted by atomic mass is 16.6. The summed E-state index contributed by atoms with van der Waals surface area (Å²) >= 11 is 0. The predicted molar refractivity (Wildman–Crippen MR) is 68.0 cm³/mol. The van der Waals surface area contributed by atoms with E-state index in [0.29, 0.717) is 12.5 Å². The van der Waals surface area contributed by atoms with Crippen molar-refractivity contribution in [3.05, 3.63) is 18.0 Å². The summed E-state index contributed by atoms with van der Waals surface area (Å²) in [5.74, 6) is -0.372. The predicted octanol–water partition coefficient (Wildman–Crippen LogP) is 1.43. The summed E-state index contributed by atoms with van der Waals surface area (Å²) in [7, 11) is 0. The molecule has 2 N–H and O–H groups in total. The van der Waals surface area contributed by atoms with Crippen LogP contribution in [0, 0.1) is 0 Å². The molecule has 0 saturated heterocycles. The molecule has 0 aliphatic heterocycles. The van der Waals surface area contributed by atoms with E-state index in [2.05, 4.69) is 5.10 Å². The molecule has 1 heterocycles. The minimum Gasteiger partial charge on any atom is -0.459 e. The molecule has 18 heavy (non-hydrogen) atoms. The van der Waals surface area contributed by atoms with Crippen LogP contribution in [-0.4, -0.2) is 27.4 Å². The summed E-state index contributed by atoms with van der Waals surface area (Å²) < 4.78 is 7.20. The monoisotopic (exact) mass is 251 g/mol. The Balaban J connectivity index is 1.89. The number of nitrogens with two attached hydrogens (primary N) is 1. The fraction of sp³-hybridized carbons (Fsp3) is 0.692. The van der Waals surface area contributed by atoms with Gasteiger partial charge in [0.1, 0.15) is 11.6 Å². The lowest BCUT2D eigenvalue weighted by molar-refractivity contribution is -0.156. The van der Waals surface area contributed by atoms with Crippen molar-refractivity contribution in [2.45, 2.75) is 57.7 Å². The molecular weight excluding hydrogens is 230 g/mol. The summed E-state index contributed by atoms with van der Waals surface area (Å²) in [6, 6.07) is 1.83. The van der Waals surface area contributed by atoms with E-state index >= 15 is 0 Å². The lowest BCUT2D eigenvalue weighted by Crippen LogP contribution is -2.38. The maximum Gasteiger partial charge on any atom is 0.323 e. The smallest absolute Gasteiger partial charge is 0.323 e. The second-order valence-electron chi connectivity index (χ2n) is 5.86. The van der Waals surface area contributed by atoms with Crippen LogP contribution in [0.15, 0.2) is 12.3 Å². The van der Waals surface area contributed by atoms with E-state index in [1.807, 2.05) is 37.7 Å². The van der Waals surface area contributed by atoms with Crippen LogP contribution in [0.4, 0.5) is 0 Å². The third kappa shape index (κ3) is 3.57. The molecule has 2 rings (SSSR count). The Bertz CT molecular complexity index is 430. The Labute approximate surface area is 107 Å². The molecule has 1 fully saturated rings. The van der Waals surface area contributed by atoms with Gasteiger partial charge in [0, 0.05) is 12.6 Å². The number of aromatic nitrogens is 2. The number of carbonyl (C=O) groups is 1.